The summed E-state index contributed by atoms with van der Waals surface area (Å²) in [7, 11) is 5.34. The first-order valence-corrected chi connectivity index (χ1v) is 6.22. The van der Waals surface area contributed by atoms with Crippen LogP contribution in [0.1, 0.15) is 22.5 Å². The lowest BCUT2D eigenvalue weighted by Crippen LogP contribution is -2.29. The van der Waals surface area contributed by atoms with E-state index in [4.69, 9.17) is 5.11 Å². The lowest BCUT2D eigenvalue weighted by atomic mass is 10.2. The normalized spacial score (nSPS) is 10.7. The molecule has 0 aliphatic carbocycles. The Hall–Kier alpha value is -1.47. The predicted molar refractivity (Wildman–Crippen MR) is 70.4 cm³/mol. The monoisotopic (exact) mass is 271 g/mol. The van der Waals surface area contributed by atoms with Crippen molar-refractivity contribution in [2.45, 2.75) is 13.3 Å². The zero-order valence-electron chi connectivity index (χ0n) is 10.9. The van der Waals surface area contributed by atoms with Crippen molar-refractivity contribution in [2.75, 3.05) is 32.6 Å². The molecular weight excluding hydrogens is 254 g/mol. The molecule has 1 amide bonds. The maximum Gasteiger partial charge on any atom is 0.340 e. The maximum atomic E-state index is 11.9. The van der Waals surface area contributed by atoms with Crippen LogP contribution in [-0.2, 0) is 4.79 Å². The number of aromatic nitrogens is 1. The summed E-state index contributed by atoms with van der Waals surface area (Å²) in [6, 6.07) is 0. The van der Waals surface area contributed by atoms with Gasteiger partial charge in [0.2, 0.25) is 5.91 Å². The Morgan fingerprint density at radius 2 is 1.94 bits per heavy atom. The quantitative estimate of drug-likeness (QED) is 0.867. The highest BCUT2D eigenvalue weighted by molar-refractivity contribution is 7.11. The summed E-state index contributed by atoms with van der Waals surface area (Å²) in [6.07, 6.45) is 0.347. The van der Waals surface area contributed by atoms with Crippen molar-refractivity contribution in [1.82, 2.24) is 9.27 Å². The Kier molecular flexibility index (Phi) is 4.80. The third kappa shape index (κ3) is 3.27. The summed E-state index contributed by atoms with van der Waals surface area (Å²) in [6.45, 7) is 2.25. The fourth-order valence-electron chi connectivity index (χ4n) is 1.43. The SMILES string of the molecule is Cc1nsc(N(C)C(=O)CCN(C)C)c1C(=O)O. The van der Waals surface area contributed by atoms with E-state index in [0.717, 1.165) is 11.5 Å². The highest BCUT2D eigenvalue weighted by atomic mass is 32.1. The molecule has 6 nitrogen and oxygen atoms in total. The highest BCUT2D eigenvalue weighted by Crippen LogP contribution is 2.28. The Balaban J connectivity index is 2.87. The number of aryl methyl sites for hydroxylation is 1. The molecule has 1 aromatic rings. The number of nitrogens with zero attached hydrogens (tertiary/aromatic N) is 3. The van der Waals surface area contributed by atoms with Gasteiger partial charge in [0.1, 0.15) is 10.6 Å². The van der Waals surface area contributed by atoms with Crippen molar-refractivity contribution in [2.24, 2.45) is 0 Å². The number of carbonyl (C=O) groups excluding carboxylic acids is 1. The fraction of sp³-hybridized carbons (Fsp3) is 0.545. The first-order chi connectivity index (χ1) is 8.34. The van der Waals surface area contributed by atoms with Crippen LogP contribution in [-0.4, -0.2) is 53.9 Å². The van der Waals surface area contributed by atoms with Gasteiger partial charge in [-0.2, -0.15) is 4.37 Å². The number of anilines is 1. The van der Waals surface area contributed by atoms with Crippen molar-refractivity contribution in [3.05, 3.63) is 11.3 Å². The molecule has 100 valence electrons. The van der Waals surface area contributed by atoms with E-state index in [1.807, 2.05) is 19.0 Å². The highest BCUT2D eigenvalue weighted by Gasteiger charge is 2.23. The molecule has 0 atom stereocenters. The van der Waals surface area contributed by atoms with E-state index in [-0.39, 0.29) is 11.5 Å². The predicted octanol–water partition coefficient (Wildman–Crippen LogP) is 1.06. The van der Waals surface area contributed by atoms with Crippen molar-refractivity contribution in [1.29, 1.82) is 0 Å². The first kappa shape index (κ1) is 14.6. The van der Waals surface area contributed by atoms with Crippen LogP contribution in [0, 0.1) is 6.92 Å². The largest absolute Gasteiger partial charge is 0.478 e. The standard InChI is InChI=1S/C11H17N3O3S/c1-7-9(11(16)17)10(18-12-7)14(4)8(15)5-6-13(2)3/h5-6H2,1-4H3,(H,16,17). The van der Waals surface area contributed by atoms with Gasteiger partial charge in [-0.3, -0.25) is 4.79 Å². The van der Waals surface area contributed by atoms with Crippen molar-refractivity contribution in [3.63, 3.8) is 0 Å². The fourth-order valence-corrected chi connectivity index (χ4v) is 2.30. The summed E-state index contributed by atoms with van der Waals surface area (Å²) in [5.74, 6) is -1.17. The molecule has 18 heavy (non-hydrogen) atoms. The van der Waals surface area contributed by atoms with Gasteiger partial charge in [-0.05, 0) is 32.6 Å². The van der Waals surface area contributed by atoms with Gasteiger partial charge in [-0.25, -0.2) is 4.79 Å². The van der Waals surface area contributed by atoms with Crippen LogP contribution < -0.4 is 4.90 Å². The summed E-state index contributed by atoms with van der Waals surface area (Å²) >= 11 is 1.04. The summed E-state index contributed by atoms with van der Waals surface area (Å²) in [4.78, 5) is 26.3. The van der Waals surface area contributed by atoms with Crippen LogP contribution in [0.25, 0.3) is 0 Å². The summed E-state index contributed by atoms with van der Waals surface area (Å²) in [5, 5.41) is 9.50. The number of rotatable bonds is 5. The minimum atomic E-state index is -1.05. The molecule has 0 saturated heterocycles. The molecule has 1 heterocycles. The Bertz CT molecular complexity index is 456. The lowest BCUT2D eigenvalue weighted by molar-refractivity contribution is -0.118. The van der Waals surface area contributed by atoms with E-state index in [1.165, 1.54) is 4.90 Å². The van der Waals surface area contributed by atoms with Crippen LogP contribution in [0.15, 0.2) is 0 Å². The van der Waals surface area contributed by atoms with Gasteiger partial charge in [0.15, 0.2) is 0 Å². The van der Waals surface area contributed by atoms with Gasteiger partial charge in [-0.1, -0.05) is 0 Å². The molecule has 1 aromatic heterocycles. The molecule has 0 aromatic carbocycles. The molecule has 0 spiro atoms. The van der Waals surface area contributed by atoms with Crippen LogP contribution in [0.3, 0.4) is 0 Å². The van der Waals surface area contributed by atoms with E-state index in [2.05, 4.69) is 4.37 Å². The Morgan fingerprint density at radius 1 is 1.33 bits per heavy atom. The molecule has 1 N–H and O–H groups in total. The van der Waals surface area contributed by atoms with E-state index < -0.39 is 5.97 Å². The number of aromatic carboxylic acids is 1. The maximum absolute atomic E-state index is 11.9. The second kappa shape index (κ2) is 5.92. The van der Waals surface area contributed by atoms with Gasteiger partial charge in [-0.15, -0.1) is 0 Å². The Morgan fingerprint density at radius 3 is 2.44 bits per heavy atom. The van der Waals surface area contributed by atoms with Crippen LogP contribution in [0.5, 0.6) is 0 Å². The average Bonchev–Trinajstić information content (AvgIpc) is 2.66. The van der Waals surface area contributed by atoms with E-state index >= 15 is 0 Å². The third-order valence-corrected chi connectivity index (χ3v) is 3.53. The second-order valence-corrected chi connectivity index (χ2v) is 5.01. The summed E-state index contributed by atoms with van der Waals surface area (Å²) in [5.41, 5.74) is 0.551. The van der Waals surface area contributed by atoms with Crippen molar-refractivity contribution >= 4 is 28.4 Å². The molecule has 0 aliphatic heterocycles. The molecule has 0 aliphatic rings. The van der Waals surface area contributed by atoms with Gasteiger partial charge in [0.25, 0.3) is 0 Å². The van der Waals surface area contributed by atoms with Crippen molar-refractivity contribution in [3.8, 4) is 0 Å². The molecule has 1 rings (SSSR count). The number of hydrogen-bond donors (Lipinski definition) is 1. The molecule has 0 unspecified atom stereocenters. The van der Waals surface area contributed by atoms with E-state index in [0.29, 0.717) is 23.7 Å². The third-order valence-electron chi connectivity index (χ3n) is 2.51. The molecular formula is C11H17N3O3S. The van der Waals surface area contributed by atoms with Gasteiger partial charge >= 0.3 is 5.97 Å². The molecule has 0 bridgehead atoms. The topological polar surface area (TPSA) is 73.7 Å². The number of carboxylic acids is 1. The molecule has 0 radical (unpaired) electrons. The lowest BCUT2D eigenvalue weighted by Gasteiger charge is -2.17. The van der Waals surface area contributed by atoms with Gasteiger partial charge in [0.05, 0.1) is 5.69 Å². The first-order valence-electron chi connectivity index (χ1n) is 5.45. The Labute approximate surface area is 110 Å². The zero-order chi connectivity index (χ0) is 13.9. The number of hydrogen-bond acceptors (Lipinski definition) is 5. The van der Waals surface area contributed by atoms with Crippen LogP contribution in [0.4, 0.5) is 5.00 Å². The minimum absolute atomic E-state index is 0.112. The number of carbonyl (C=O) groups is 2. The van der Waals surface area contributed by atoms with Crippen molar-refractivity contribution < 1.29 is 14.7 Å². The minimum Gasteiger partial charge on any atom is -0.478 e. The second-order valence-electron chi connectivity index (χ2n) is 4.26. The summed E-state index contributed by atoms with van der Waals surface area (Å²) < 4.78 is 3.99. The van der Waals surface area contributed by atoms with E-state index in [9.17, 15) is 9.59 Å². The number of carboxylic acid groups (broad SMARTS) is 1. The molecule has 7 heteroatoms. The van der Waals surface area contributed by atoms with Gasteiger partial charge in [0, 0.05) is 20.0 Å². The zero-order valence-corrected chi connectivity index (χ0v) is 11.7. The molecule has 0 saturated carbocycles. The van der Waals surface area contributed by atoms with E-state index in [1.54, 1.807) is 14.0 Å². The number of amides is 1. The smallest absolute Gasteiger partial charge is 0.340 e. The van der Waals surface area contributed by atoms with Crippen LogP contribution in [0.2, 0.25) is 0 Å². The van der Waals surface area contributed by atoms with Crippen LogP contribution >= 0.6 is 11.5 Å². The average molecular weight is 271 g/mol. The molecule has 0 fully saturated rings. The van der Waals surface area contributed by atoms with Gasteiger partial charge < -0.3 is 14.9 Å².